The van der Waals surface area contributed by atoms with Gasteiger partial charge in [-0.25, -0.2) is 4.39 Å². The standard InChI is InChI=1S/C26H31FN2O4/c1-16-21(4-3-5-22(16)27)24-12-8-18-14-20(11-13-23(18)33-24)32-19-9-6-17(7-10-19)26(31)29-15-25(30)28-2/h3-5,11,13-14,17,19,24H,6-10,12,15H2,1-2H3,(H,28,30)(H,29,31). The number of nitrogens with one attached hydrogen (secondary N) is 2. The van der Waals surface area contributed by atoms with Crippen LogP contribution in [-0.2, 0) is 16.0 Å². The second kappa shape index (κ2) is 10.2. The average molecular weight is 455 g/mol. The van der Waals surface area contributed by atoms with Crippen LogP contribution in [0.3, 0.4) is 0 Å². The largest absolute Gasteiger partial charge is 0.490 e. The molecule has 0 radical (unpaired) electrons. The van der Waals surface area contributed by atoms with Gasteiger partial charge < -0.3 is 20.1 Å². The summed E-state index contributed by atoms with van der Waals surface area (Å²) in [6.45, 7) is 1.81. The summed E-state index contributed by atoms with van der Waals surface area (Å²) in [5.41, 5.74) is 2.64. The van der Waals surface area contributed by atoms with Crippen LogP contribution in [0, 0.1) is 18.7 Å². The zero-order chi connectivity index (χ0) is 23.4. The number of rotatable bonds is 6. The van der Waals surface area contributed by atoms with Crippen LogP contribution in [0.4, 0.5) is 4.39 Å². The number of hydrogen-bond donors (Lipinski definition) is 2. The maximum atomic E-state index is 13.9. The molecular formula is C26H31FN2O4. The van der Waals surface area contributed by atoms with Gasteiger partial charge in [0.15, 0.2) is 0 Å². The average Bonchev–Trinajstić information content (AvgIpc) is 2.84. The number of ether oxygens (including phenoxy) is 2. The summed E-state index contributed by atoms with van der Waals surface area (Å²) >= 11 is 0. The summed E-state index contributed by atoms with van der Waals surface area (Å²) in [7, 11) is 1.55. The summed E-state index contributed by atoms with van der Waals surface area (Å²) in [4.78, 5) is 23.6. The predicted molar refractivity (Wildman–Crippen MR) is 123 cm³/mol. The van der Waals surface area contributed by atoms with Gasteiger partial charge in [0.1, 0.15) is 23.4 Å². The lowest BCUT2D eigenvalue weighted by atomic mass is 9.86. The Balaban J connectivity index is 1.30. The molecule has 4 rings (SSSR count). The highest BCUT2D eigenvalue weighted by molar-refractivity contribution is 5.85. The number of carbonyl (C=O) groups is 2. The van der Waals surface area contributed by atoms with Crippen LogP contribution in [0.25, 0.3) is 0 Å². The van der Waals surface area contributed by atoms with Gasteiger partial charge in [-0.2, -0.15) is 0 Å². The van der Waals surface area contributed by atoms with Gasteiger partial charge in [0.2, 0.25) is 11.8 Å². The number of benzene rings is 2. The molecule has 0 saturated heterocycles. The highest BCUT2D eigenvalue weighted by atomic mass is 19.1. The third kappa shape index (κ3) is 5.46. The van der Waals surface area contributed by atoms with Crippen molar-refractivity contribution < 1.29 is 23.5 Å². The molecule has 1 aliphatic heterocycles. The van der Waals surface area contributed by atoms with Gasteiger partial charge in [-0.3, -0.25) is 9.59 Å². The third-order valence-electron chi connectivity index (χ3n) is 6.68. The maximum absolute atomic E-state index is 13.9. The molecule has 1 aliphatic carbocycles. The fraction of sp³-hybridized carbons (Fsp3) is 0.462. The molecule has 1 unspecified atom stereocenters. The monoisotopic (exact) mass is 454 g/mol. The van der Waals surface area contributed by atoms with E-state index in [0.29, 0.717) is 5.56 Å². The van der Waals surface area contributed by atoms with E-state index in [4.69, 9.17) is 9.47 Å². The number of amides is 2. The summed E-state index contributed by atoms with van der Waals surface area (Å²) in [6, 6.07) is 11.0. The highest BCUT2D eigenvalue weighted by Crippen LogP contribution is 2.38. The van der Waals surface area contributed by atoms with E-state index in [9.17, 15) is 14.0 Å². The van der Waals surface area contributed by atoms with Gasteiger partial charge in [-0.05, 0) is 86.4 Å². The van der Waals surface area contributed by atoms with Crippen molar-refractivity contribution >= 4 is 11.8 Å². The lowest BCUT2D eigenvalue weighted by Crippen LogP contribution is -2.40. The molecular weight excluding hydrogens is 423 g/mol. The van der Waals surface area contributed by atoms with Gasteiger partial charge in [0, 0.05) is 13.0 Å². The molecule has 0 aromatic heterocycles. The molecule has 0 bridgehead atoms. The Morgan fingerprint density at radius 3 is 2.67 bits per heavy atom. The zero-order valence-electron chi connectivity index (χ0n) is 19.2. The Kier molecular flexibility index (Phi) is 7.16. The molecule has 1 saturated carbocycles. The van der Waals surface area contributed by atoms with Gasteiger partial charge in [-0.1, -0.05) is 12.1 Å². The van der Waals surface area contributed by atoms with Crippen molar-refractivity contribution in [3.05, 3.63) is 58.9 Å². The molecule has 1 atom stereocenters. The zero-order valence-corrected chi connectivity index (χ0v) is 19.2. The van der Waals surface area contributed by atoms with E-state index >= 15 is 0 Å². The van der Waals surface area contributed by atoms with Crippen molar-refractivity contribution in [3.63, 3.8) is 0 Å². The van der Waals surface area contributed by atoms with Crippen LogP contribution < -0.4 is 20.1 Å². The molecule has 33 heavy (non-hydrogen) atoms. The lowest BCUT2D eigenvalue weighted by molar-refractivity contribution is -0.129. The van der Waals surface area contributed by atoms with Crippen LogP contribution in [0.2, 0.25) is 0 Å². The van der Waals surface area contributed by atoms with Crippen LogP contribution >= 0.6 is 0 Å². The number of halogens is 1. The van der Waals surface area contributed by atoms with Gasteiger partial charge >= 0.3 is 0 Å². The Hall–Kier alpha value is -3.09. The first-order valence-electron chi connectivity index (χ1n) is 11.6. The minimum Gasteiger partial charge on any atom is -0.490 e. The molecule has 7 heteroatoms. The van der Waals surface area contributed by atoms with Crippen molar-refractivity contribution in [3.8, 4) is 11.5 Å². The number of fused-ring (bicyclic) bond motifs is 1. The molecule has 2 N–H and O–H groups in total. The topological polar surface area (TPSA) is 76.7 Å². The van der Waals surface area contributed by atoms with E-state index in [1.54, 1.807) is 20.0 Å². The highest BCUT2D eigenvalue weighted by Gasteiger charge is 2.28. The third-order valence-corrected chi connectivity index (χ3v) is 6.68. The van der Waals surface area contributed by atoms with E-state index < -0.39 is 0 Å². The quantitative estimate of drug-likeness (QED) is 0.692. The van der Waals surface area contributed by atoms with Crippen molar-refractivity contribution in [2.45, 2.75) is 57.7 Å². The van der Waals surface area contributed by atoms with E-state index in [1.807, 2.05) is 24.3 Å². The van der Waals surface area contributed by atoms with E-state index in [2.05, 4.69) is 10.6 Å². The summed E-state index contributed by atoms with van der Waals surface area (Å²) in [5.74, 6) is 1.09. The second-order valence-corrected chi connectivity index (χ2v) is 8.85. The molecule has 2 aromatic carbocycles. The van der Waals surface area contributed by atoms with Crippen molar-refractivity contribution in [1.29, 1.82) is 0 Å². The molecule has 176 valence electrons. The van der Waals surface area contributed by atoms with Crippen molar-refractivity contribution in [2.24, 2.45) is 5.92 Å². The number of hydrogen-bond acceptors (Lipinski definition) is 4. The lowest BCUT2D eigenvalue weighted by Gasteiger charge is -2.30. The minimum absolute atomic E-state index is 0.0165. The summed E-state index contributed by atoms with van der Waals surface area (Å²) in [5, 5.41) is 5.19. The number of carbonyl (C=O) groups excluding carboxylic acids is 2. The van der Waals surface area contributed by atoms with Crippen molar-refractivity contribution in [1.82, 2.24) is 10.6 Å². The van der Waals surface area contributed by atoms with Crippen molar-refractivity contribution in [2.75, 3.05) is 13.6 Å². The Morgan fingerprint density at radius 1 is 1.12 bits per heavy atom. The van der Waals surface area contributed by atoms with Crippen LogP contribution in [-0.4, -0.2) is 31.5 Å². The molecule has 2 aromatic rings. The number of likely N-dealkylation sites (N-methyl/N-ethyl adjacent to an activating group) is 1. The summed E-state index contributed by atoms with van der Waals surface area (Å²) in [6.07, 6.45) is 4.63. The van der Waals surface area contributed by atoms with Gasteiger partial charge in [0.25, 0.3) is 0 Å². The fourth-order valence-corrected chi connectivity index (χ4v) is 4.67. The minimum atomic E-state index is -0.204. The molecule has 1 heterocycles. The normalized spacial score (nSPS) is 22.0. The maximum Gasteiger partial charge on any atom is 0.239 e. The number of aryl methyl sites for hydroxylation is 1. The summed E-state index contributed by atoms with van der Waals surface area (Å²) < 4.78 is 26.4. The second-order valence-electron chi connectivity index (χ2n) is 8.85. The smallest absolute Gasteiger partial charge is 0.239 e. The molecule has 2 amide bonds. The Morgan fingerprint density at radius 2 is 1.91 bits per heavy atom. The molecule has 0 spiro atoms. The molecule has 2 aliphatic rings. The van der Waals surface area contributed by atoms with E-state index in [-0.39, 0.29) is 42.3 Å². The molecule has 6 nitrogen and oxygen atoms in total. The van der Waals surface area contributed by atoms with Crippen LogP contribution in [0.15, 0.2) is 36.4 Å². The Labute approximate surface area is 193 Å². The van der Waals surface area contributed by atoms with Crippen LogP contribution in [0.5, 0.6) is 11.5 Å². The van der Waals surface area contributed by atoms with Crippen LogP contribution in [0.1, 0.15) is 54.9 Å². The predicted octanol–water partition coefficient (Wildman–Crippen LogP) is 4.00. The van der Waals surface area contributed by atoms with Gasteiger partial charge in [-0.15, -0.1) is 0 Å². The first-order chi connectivity index (χ1) is 15.9. The fourth-order valence-electron chi connectivity index (χ4n) is 4.67. The molecule has 1 fully saturated rings. The Bertz CT molecular complexity index is 1020. The van der Waals surface area contributed by atoms with E-state index in [1.165, 1.54) is 6.07 Å². The first kappa shape index (κ1) is 23.1. The van der Waals surface area contributed by atoms with E-state index in [0.717, 1.165) is 61.2 Å². The van der Waals surface area contributed by atoms with Gasteiger partial charge in [0.05, 0.1) is 12.6 Å². The first-order valence-corrected chi connectivity index (χ1v) is 11.6. The SMILES string of the molecule is CNC(=O)CNC(=O)C1CCC(Oc2ccc3c(c2)CCC(c2cccc(F)c2C)O3)CC1.